The molecule has 1 amide bonds. The summed E-state index contributed by atoms with van der Waals surface area (Å²) < 4.78 is 5.45. The second-order valence-corrected chi connectivity index (χ2v) is 6.79. The van der Waals surface area contributed by atoms with Crippen molar-refractivity contribution in [1.29, 1.82) is 0 Å². The Labute approximate surface area is 172 Å². The smallest absolute Gasteiger partial charge is 0.313 e. The summed E-state index contributed by atoms with van der Waals surface area (Å²) in [5.41, 5.74) is 5.47. The lowest BCUT2D eigenvalue weighted by molar-refractivity contribution is -0.138. The number of hydrogen-bond donors (Lipinski definition) is 3. The number of carbonyl (C=O) groups is 2. The number of benzene rings is 2. The molecular weight excluding hydrogens is 382 g/mol. The Kier molecular flexibility index (Phi) is 5.17. The first kappa shape index (κ1) is 19.2. The van der Waals surface area contributed by atoms with Gasteiger partial charge in [0.25, 0.3) is 5.91 Å². The minimum absolute atomic E-state index is 0.317. The third-order valence-electron chi connectivity index (χ3n) is 4.80. The molecule has 30 heavy (non-hydrogen) atoms. The highest BCUT2D eigenvalue weighted by atomic mass is 16.4. The van der Waals surface area contributed by atoms with Crippen LogP contribution in [0.5, 0.6) is 0 Å². The molecule has 1 unspecified atom stereocenters. The van der Waals surface area contributed by atoms with Crippen LogP contribution in [0, 0.1) is 0 Å². The molecule has 0 radical (unpaired) electrons. The predicted molar refractivity (Wildman–Crippen MR) is 114 cm³/mol. The second-order valence-electron chi connectivity index (χ2n) is 6.79. The van der Waals surface area contributed by atoms with Crippen molar-refractivity contribution in [2.75, 3.05) is 0 Å². The van der Waals surface area contributed by atoms with Crippen molar-refractivity contribution < 1.29 is 19.1 Å². The Morgan fingerprint density at radius 1 is 1.07 bits per heavy atom. The largest absolute Gasteiger partial charge is 0.481 e. The molecule has 2 heterocycles. The van der Waals surface area contributed by atoms with Crippen molar-refractivity contribution in [1.82, 2.24) is 10.4 Å². The van der Waals surface area contributed by atoms with Gasteiger partial charge >= 0.3 is 5.97 Å². The molecule has 4 rings (SSSR count). The number of aliphatic carboxylic acids is 1. The second kappa shape index (κ2) is 8.08. The first-order valence-corrected chi connectivity index (χ1v) is 9.36. The van der Waals surface area contributed by atoms with Crippen LogP contribution in [0.1, 0.15) is 34.9 Å². The number of nitrogens with one attached hydrogen (secondary N) is 2. The number of para-hydroxylation sites is 1. The molecule has 0 aliphatic heterocycles. The summed E-state index contributed by atoms with van der Waals surface area (Å²) in [6.45, 7) is 1.53. The zero-order valence-electron chi connectivity index (χ0n) is 16.1. The molecule has 0 saturated carbocycles. The summed E-state index contributed by atoms with van der Waals surface area (Å²) in [4.78, 5) is 27.0. The molecule has 7 nitrogen and oxygen atoms in total. The van der Waals surface area contributed by atoms with Crippen LogP contribution in [-0.4, -0.2) is 28.2 Å². The molecule has 0 saturated heterocycles. The Bertz CT molecular complexity index is 1240. The highest BCUT2D eigenvalue weighted by Crippen LogP contribution is 2.32. The standard InChI is InChI=1S/C23H19N3O4/c1-14(23(28)29)19-12-11-16(30-19)13-24-26-22(27)21-20(15-7-3-2-4-8-15)17-9-5-6-10-18(17)25-21/h2-14,25H,1H3,(H,26,27)(H,28,29). The van der Waals surface area contributed by atoms with Gasteiger partial charge in [-0.25, -0.2) is 5.43 Å². The van der Waals surface area contributed by atoms with E-state index < -0.39 is 17.8 Å². The number of carbonyl (C=O) groups excluding carboxylic acids is 1. The zero-order chi connectivity index (χ0) is 21.1. The van der Waals surface area contributed by atoms with Crippen LogP contribution in [0.4, 0.5) is 0 Å². The minimum atomic E-state index is -0.978. The van der Waals surface area contributed by atoms with E-state index in [2.05, 4.69) is 15.5 Å². The van der Waals surface area contributed by atoms with E-state index in [0.29, 0.717) is 17.2 Å². The third-order valence-corrected chi connectivity index (χ3v) is 4.80. The van der Waals surface area contributed by atoms with Gasteiger partial charge in [0.05, 0.1) is 6.21 Å². The lowest BCUT2D eigenvalue weighted by atomic mass is 10.0. The van der Waals surface area contributed by atoms with E-state index in [9.17, 15) is 9.59 Å². The molecule has 4 aromatic rings. The molecule has 0 aliphatic rings. The van der Waals surface area contributed by atoms with Gasteiger partial charge in [-0.15, -0.1) is 0 Å². The molecule has 0 bridgehead atoms. The van der Waals surface area contributed by atoms with Crippen molar-refractivity contribution in [2.24, 2.45) is 5.10 Å². The maximum atomic E-state index is 12.8. The molecule has 2 aromatic carbocycles. The number of aromatic amines is 1. The Morgan fingerprint density at radius 3 is 2.57 bits per heavy atom. The van der Waals surface area contributed by atoms with E-state index in [-0.39, 0.29) is 0 Å². The number of furan rings is 1. The van der Waals surface area contributed by atoms with Gasteiger partial charge in [0, 0.05) is 16.5 Å². The van der Waals surface area contributed by atoms with E-state index >= 15 is 0 Å². The molecule has 150 valence electrons. The van der Waals surface area contributed by atoms with E-state index in [4.69, 9.17) is 9.52 Å². The van der Waals surface area contributed by atoms with Crippen LogP contribution in [-0.2, 0) is 4.79 Å². The fourth-order valence-corrected chi connectivity index (χ4v) is 3.22. The third kappa shape index (κ3) is 3.73. The molecular formula is C23H19N3O4. The number of nitrogens with zero attached hydrogens (tertiary/aromatic N) is 1. The Balaban J connectivity index is 1.58. The summed E-state index contributed by atoms with van der Waals surface area (Å²) in [5, 5.41) is 13.9. The first-order valence-electron chi connectivity index (χ1n) is 9.36. The van der Waals surface area contributed by atoms with Crippen molar-refractivity contribution >= 4 is 29.0 Å². The number of aromatic nitrogens is 1. The molecule has 1 atom stereocenters. The minimum Gasteiger partial charge on any atom is -0.481 e. The Morgan fingerprint density at radius 2 is 1.80 bits per heavy atom. The first-order chi connectivity index (χ1) is 14.5. The van der Waals surface area contributed by atoms with Crippen LogP contribution in [0.3, 0.4) is 0 Å². The lowest BCUT2D eigenvalue weighted by Gasteiger charge is -2.04. The molecule has 0 fully saturated rings. The van der Waals surface area contributed by atoms with Crippen molar-refractivity contribution in [3.63, 3.8) is 0 Å². The predicted octanol–water partition coefficient (Wildman–Crippen LogP) is 4.38. The van der Waals surface area contributed by atoms with Gasteiger partial charge in [-0.2, -0.15) is 5.10 Å². The summed E-state index contributed by atoms with van der Waals surface area (Å²) in [7, 11) is 0. The van der Waals surface area contributed by atoms with Crippen molar-refractivity contribution in [3.05, 3.63) is 83.9 Å². The number of hydrogen-bond acceptors (Lipinski definition) is 4. The molecule has 7 heteroatoms. The number of fused-ring (bicyclic) bond motifs is 1. The number of hydrazone groups is 1. The normalized spacial score (nSPS) is 12.3. The fourth-order valence-electron chi connectivity index (χ4n) is 3.22. The highest BCUT2D eigenvalue weighted by Gasteiger charge is 2.19. The van der Waals surface area contributed by atoms with Gasteiger partial charge in [-0.05, 0) is 30.7 Å². The lowest BCUT2D eigenvalue weighted by Crippen LogP contribution is -2.18. The van der Waals surface area contributed by atoms with Gasteiger partial charge in [0.2, 0.25) is 0 Å². The van der Waals surface area contributed by atoms with Crippen LogP contribution in [0.15, 0.2) is 76.2 Å². The quantitative estimate of drug-likeness (QED) is 0.329. The van der Waals surface area contributed by atoms with Gasteiger partial charge < -0.3 is 14.5 Å². The maximum Gasteiger partial charge on any atom is 0.313 e. The van der Waals surface area contributed by atoms with Crippen molar-refractivity contribution in [3.8, 4) is 11.1 Å². The Hall–Kier alpha value is -4.13. The van der Waals surface area contributed by atoms with Gasteiger partial charge in [0.1, 0.15) is 23.1 Å². The number of carboxylic acid groups (broad SMARTS) is 1. The molecule has 0 aliphatic carbocycles. The number of H-pyrrole nitrogens is 1. The molecule has 0 spiro atoms. The highest BCUT2D eigenvalue weighted by molar-refractivity contribution is 6.09. The summed E-state index contributed by atoms with van der Waals surface area (Å²) in [6, 6.07) is 20.5. The molecule has 3 N–H and O–H groups in total. The van der Waals surface area contributed by atoms with Crippen LogP contribution in [0.25, 0.3) is 22.0 Å². The van der Waals surface area contributed by atoms with Gasteiger partial charge in [0.15, 0.2) is 0 Å². The van der Waals surface area contributed by atoms with Crippen LogP contribution in [0.2, 0.25) is 0 Å². The number of carboxylic acids is 1. The number of rotatable bonds is 6. The SMILES string of the molecule is CC(C(=O)O)c1ccc(C=NNC(=O)c2[nH]c3ccccc3c2-c2ccccc2)o1. The van der Waals surface area contributed by atoms with E-state index in [1.807, 2.05) is 54.6 Å². The summed E-state index contributed by atoms with van der Waals surface area (Å²) in [5.74, 6) is -1.47. The maximum absolute atomic E-state index is 12.8. The summed E-state index contributed by atoms with van der Waals surface area (Å²) >= 11 is 0. The average Bonchev–Trinajstić information content (AvgIpc) is 3.38. The summed E-state index contributed by atoms with van der Waals surface area (Å²) in [6.07, 6.45) is 1.33. The monoisotopic (exact) mass is 401 g/mol. The topological polar surface area (TPSA) is 108 Å². The zero-order valence-corrected chi connectivity index (χ0v) is 16.1. The average molecular weight is 401 g/mol. The van der Waals surface area contributed by atoms with E-state index in [1.54, 1.807) is 12.1 Å². The molecule has 2 aromatic heterocycles. The van der Waals surface area contributed by atoms with Gasteiger partial charge in [-0.1, -0.05) is 48.5 Å². The number of amides is 1. The fraction of sp³-hybridized carbons (Fsp3) is 0.0870. The van der Waals surface area contributed by atoms with E-state index in [0.717, 1.165) is 22.0 Å². The van der Waals surface area contributed by atoms with Gasteiger partial charge in [-0.3, -0.25) is 9.59 Å². The van der Waals surface area contributed by atoms with Crippen LogP contribution >= 0.6 is 0 Å². The van der Waals surface area contributed by atoms with Crippen molar-refractivity contribution in [2.45, 2.75) is 12.8 Å². The van der Waals surface area contributed by atoms with E-state index in [1.165, 1.54) is 13.1 Å². The van der Waals surface area contributed by atoms with Crippen LogP contribution < -0.4 is 5.43 Å².